The van der Waals surface area contributed by atoms with Crippen molar-refractivity contribution in [2.75, 3.05) is 0 Å². The number of rotatable bonds is 5. The number of benzene rings is 2. The van der Waals surface area contributed by atoms with Crippen LogP contribution in [0.1, 0.15) is 37.3 Å². The molecule has 2 rings (SSSR count). The molecule has 1 nitrogen and oxygen atoms in total. The zero-order chi connectivity index (χ0) is 12.8. The maximum absolute atomic E-state index is 5.83. The maximum Gasteiger partial charge on any atom is 0.120 e. The standard InChI is InChI=1S/C17H20O/c1-3-14(2)16-10-7-11-17(12-16)18-13-15-8-5-4-6-9-15/h4-12,14H,3,13H2,1-2H3/t14-/m1/s1. The van der Waals surface area contributed by atoms with Crippen LogP contribution in [0.4, 0.5) is 0 Å². The molecule has 0 N–H and O–H groups in total. The van der Waals surface area contributed by atoms with Gasteiger partial charge in [0.1, 0.15) is 12.4 Å². The SMILES string of the molecule is CC[C@@H](C)c1cccc(OCc2ccccc2)c1. The van der Waals surface area contributed by atoms with Crippen LogP contribution in [0.15, 0.2) is 54.6 Å². The highest BCUT2D eigenvalue weighted by Gasteiger charge is 2.04. The molecule has 0 heterocycles. The van der Waals surface area contributed by atoms with Gasteiger partial charge in [0.2, 0.25) is 0 Å². The lowest BCUT2D eigenvalue weighted by atomic mass is 9.99. The van der Waals surface area contributed by atoms with Crippen molar-refractivity contribution in [1.82, 2.24) is 0 Å². The molecule has 0 spiro atoms. The highest BCUT2D eigenvalue weighted by atomic mass is 16.5. The van der Waals surface area contributed by atoms with E-state index in [9.17, 15) is 0 Å². The zero-order valence-electron chi connectivity index (χ0n) is 11.1. The fourth-order valence-corrected chi connectivity index (χ4v) is 1.89. The van der Waals surface area contributed by atoms with Gasteiger partial charge in [-0.2, -0.15) is 0 Å². The maximum atomic E-state index is 5.83. The van der Waals surface area contributed by atoms with Crippen LogP contribution in [0.5, 0.6) is 5.75 Å². The van der Waals surface area contributed by atoms with Crippen molar-refractivity contribution in [1.29, 1.82) is 0 Å². The zero-order valence-corrected chi connectivity index (χ0v) is 11.1. The lowest BCUT2D eigenvalue weighted by Gasteiger charge is -2.11. The van der Waals surface area contributed by atoms with E-state index in [2.05, 4.69) is 44.2 Å². The van der Waals surface area contributed by atoms with Crippen LogP contribution in [-0.2, 0) is 6.61 Å². The second kappa shape index (κ2) is 6.25. The molecule has 0 radical (unpaired) electrons. The molecule has 0 amide bonds. The topological polar surface area (TPSA) is 9.23 Å². The third-order valence-electron chi connectivity index (χ3n) is 3.29. The van der Waals surface area contributed by atoms with E-state index >= 15 is 0 Å². The molecule has 94 valence electrons. The van der Waals surface area contributed by atoms with Gasteiger partial charge >= 0.3 is 0 Å². The van der Waals surface area contributed by atoms with Crippen LogP contribution in [0, 0.1) is 0 Å². The second-order valence-electron chi connectivity index (χ2n) is 4.66. The molecule has 0 fully saturated rings. The molecular formula is C17H20O. The Balaban J connectivity index is 2.01. The molecule has 0 aliphatic heterocycles. The summed E-state index contributed by atoms with van der Waals surface area (Å²) in [4.78, 5) is 0. The Hall–Kier alpha value is -1.76. The van der Waals surface area contributed by atoms with Gasteiger partial charge < -0.3 is 4.74 Å². The first-order valence-electron chi connectivity index (χ1n) is 6.56. The number of ether oxygens (including phenoxy) is 1. The van der Waals surface area contributed by atoms with Gasteiger partial charge in [-0.25, -0.2) is 0 Å². The summed E-state index contributed by atoms with van der Waals surface area (Å²) >= 11 is 0. The molecule has 0 aromatic heterocycles. The molecule has 0 saturated carbocycles. The van der Waals surface area contributed by atoms with Crippen LogP contribution < -0.4 is 4.74 Å². The third kappa shape index (κ3) is 3.36. The normalized spacial score (nSPS) is 12.1. The average molecular weight is 240 g/mol. The number of hydrogen-bond donors (Lipinski definition) is 0. The molecule has 0 aliphatic carbocycles. The summed E-state index contributed by atoms with van der Waals surface area (Å²) in [5.41, 5.74) is 2.55. The Bertz CT molecular complexity index is 476. The van der Waals surface area contributed by atoms with Gasteiger partial charge in [-0.05, 0) is 35.6 Å². The first-order chi connectivity index (χ1) is 8.79. The van der Waals surface area contributed by atoms with Crippen molar-refractivity contribution in [3.05, 3.63) is 65.7 Å². The van der Waals surface area contributed by atoms with Crippen LogP contribution in [0.25, 0.3) is 0 Å². The van der Waals surface area contributed by atoms with Crippen molar-refractivity contribution < 1.29 is 4.74 Å². The molecule has 0 unspecified atom stereocenters. The minimum Gasteiger partial charge on any atom is -0.489 e. The molecule has 1 atom stereocenters. The van der Waals surface area contributed by atoms with E-state index in [1.807, 2.05) is 24.3 Å². The van der Waals surface area contributed by atoms with Crippen molar-refractivity contribution in [2.24, 2.45) is 0 Å². The Morgan fingerprint density at radius 1 is 1.00 bits per heavy atom. The minimum atomic E-state index is 0.588. The predicted octanol–water partition coefficient (Wildman–Crippen LogP) is 4.78. The number of hydrogen-bond acceptors (Lipinski definition) is 1. The van der Waals surface area contributed by atoms with Crippen LogP contribution in [0.3, 0.4) is 0 Å². The molecule has 0 aliphatic rings. The second-order valence-corrected chi connectivity index (χ2v) is 4.66. The molecule has 0 saturated heterocycles. The van der Waals surface area contributed by atoms with E-state index in [0.29, 0.717) is 12.5 Å². The monoisotopic (exact) mass is 240 g/mol. The summed E-state index contributed by atoms with van der Waals surface area (Å²) in [6.07, 6.45) is 1.15. The first-order valence-corrected chi connectivity index (χ1v) is 6.56. The van der Waals surface area contributed by atoms with E-state index in [1.165, 1.54) is 11.1 Å². The van der Waals surface area contributed by atoms with Gasteiger partial charge in [-0.1, -0.05) is 56.3 Å². The molecule has 0 bridgehead atoms. The van der Waals surface area contributed by atoms with E-state index in [1.54, 1.807) is 0 Å². The summed E-state index contributed by atoms with van der Waals surface area (Å²) in [5.74, 6) is 1.54. The van der Waals surface area contributed by atoms with Crippen LogP contribution in [0.2, 0.25) is 0 Å². The fraction of sp³-hybridized carbons (Fsp3) is 0.294. The quantitative estimate of drug-likeness (QED) is 0.731. The fourth-order valence-electron chi connectivity index (χ4n) is 1.89. The van der Waals surface area contributed by atoms with Gasteiger partial charge in [-0.3, -0.25) is 0 Å². The van der Waals surface area contributed by atoms with E-state index in [-0.39, 0.29) is 0 Å². The minimum absolute atomic E-state index is 0.588. The lowest BCUT2D eigenvalue weighted by molar-refractivity contribution is 0.305. The highest BCUT2D eigenvalue weighted by Crippen LogP contribution is 2.23. The van der Waals surface area contributed by atoms with Crippen molar-refractivity contribution in [2.45, 2.75) is 32.8 Å². The Labute approximate surface area is 109 Å². The van der Waals surface area contributed by atoms with E-state index in [4.69, 9.17) is 4.74 Å². The Morgan fingerprint density at radius 3 is 2.50 bits per heavy atom. The molecule has 2 aromatic rings. The van der Waals surface area contributed by atoms with Gasteiger partial charge in [-0.15, -0.1) is 0 Å². The molecule has 18 heavy (non-hydrogen) atoms. The summed E-state index contributed by atoms with van der Waals surface area (Å²) in [7, 11) is 0. The Kier molecular flexibility index (Phi) is 4.40. The summed E-state index contributed by atoms with van der Waals surface area (Å²) in [6.45, 7) is 5.09. The first kappa shape index (κ1) is 12.7. The van der Waals surface area contributed by atoms with Crippen molar-refractivity contribution in [3.8, 4) is 5.75 Å². The van der Waals surface area contributed by atoms with Gasteiger partial charge in [0, 0.05) is 0 Å². The molecule has 2 aromatic carbocycles. The van der Waals surface area contributed by atoms with Crippen molar-refractivity contribution >= 4 is 0 Å². The van der Waals surface area contributed by atoms with E-state index in [0.717, 1.165) is 12.2 Å². The smallest absolute Gasteiger partial charge is 0.120 e. The summed E-state index contributed by atoms with van der Waals surface area (Å²) in [5, 5.41) is 0. The van der Waals surface area contributed by atoms with Crippen LogP contribution in [-0.4, -0.2) is 0 Å². The van der Waals surface area contributed by atoms with Crippen molar-refractivity contribution in [3.63, 3.8) is 0 Å². The lowest BCUT2D eigenvalue weighted by Crippen LogP contribution is -1.97. The highest BCUT2D eigenvalue weighted by molar-refractivity contribution is 5.30. The average Bonchev–Trinajstić information content (AvgIpc) is 2.45. The van der Waals surface area contributed by atoms with Gasteiger partial charge in [0.15, 0.2) is 0 Å². The predicted molar refractivity (Wildman–Crippen MR) is 75.9 cm³/mol. The van der Waals surface area contributed by atoms with E-state index < -0.39 is 0 Å². The Morgan fingerprint density at radius 2 is 1.78 bits per heavy atom. The largest absolute Gasteiger partial charge is 0.489 e. The summed E-state index contributed by atoms with van der Waals surface area (Å²) in [6, 6.07) is 18.7. The molecular weight excluding hydrogens is 220 g/mol. The van der Waals surface area contributed by atoms with Gasteiger partial charge in [0.25, 0.3) is 0 Å². The summed E-state index contributed by atoms with van der Waals surface area (Å²) < 4.78 is 5.83. The van der Waals surface area contributed by atoms with Crippen LogP contribution >= 0.6 is 0 Å². The molecule has 1 heteroatoms. The van der Waals surface area contributed by atoms with Gasteiger partial charge in [0.05, 0.1) is 0 Å². The third-order valence-corrected chi connectivity index (χ3v) is 3.29.